The number of benzene rings is 1. The lowest BCUT2D eigenvalue weighted by Gasteiger charge is -2.09. The monoisotopic (exact) mass is 270 g/mol. The van der Waals surface area contributed by atoms with Crippen LogP contribution in [-0.4, -0.2) is 26.1 Å². The maximum absolute atomic E-state index is 11.8. The SMILES string of the molecule is CC(C)NC(=O)CS(=O)(=O)Cc1ccccc1N. The molecule has 1 aromatic carbocycles. The van der Waals surface area contributed by atoms with E-state index in [0.29, 0.717) is 11.3 Å². The number of amides is 1. The van der Waals surface area contributed by atoms with Crippen molar-refractivity contribution in [3.8, 4) is 0 Å². The zero-order valence-electron chi connectivity index (χ0n) is 10.5. The molecular formula is C12H18N2O3S. The first-order chi connectivity index (χ1) is 8.30. The molecule has 6 heteroatoms. The van der Waals surface area contributed by atoms with E-state index in [9.17, 15) is 13.2 Å². The topological polar surface area (TPSA) is 89.3 Å². The summed E-state index contributed by atoms with van der Waals surface area (Å²) in [6, 6.07) is 6.66. The summed E-state index contributed by atoms with van der Waals surface area (Å²) < 4.78 is 23.7. The third-order valence-electron chi connectivity index (χ3n) is 2.23. The minimum Gasteiger partial charge on any atom is -0.398 e. The number of rotatable bonds is 5. The summed E-state index contributed by atoms with van der Waals surface area (Å²) in [5, 5.41) is 2.55. The number of nitrogens with one attached hydrogen (secondary N) is 1. The molecule has 1 amide bonds. The average Bonchev–Trinajstić information content (AvgIpc) is 2.18. The first-order valence-electron chi connectivity index (χ1n) is 5.63. The molecule has 0 unspecified atom stereocenters. The fraction of sp³-hybridized carbons (Fsp3) is 0.417. The van der Waals surface area contributed by atoms with Gasteiger partial charge in [0, 0.05) is 11.7 Å². The van der Waals surface area contributed by atoms with Gasteiger partial charge in [-0.1, -0.05) is 18.2 Å². The van der Waals surface area contributed by atoms with E-state index < -0.39 is 21.5 Å². The van der Waals surface area contributed by atoms with Gasteiger partial charge in [-0.25, -0.2) is 8.42 Å². The molecule has 0 atom stereocenters. The van der Waals surface area contributed by atoms with Gasteiger partial charge in [0.05, 0.1) is 5.75 Å². The van der Waals surface area contributed by atoms with Crippen LogP contribution < -0.4 is 11.1 Å². The van der Waals surface area contributed by atoms with Crippen LogP contribution in [0, 0.1) is 0 Å². The molecular weight excluding hydrogens is 252 g/mol. The number of hydrogen-bond donors (Lipinski definition) is 2. The van der Waals surface area contributed by atoms with E-state index >= 15 is 0 Å². The maximum atomic E-state index is 11.8. The smallest absolute Gasteiger partial charge is 0.235 e. The van der Waals surface area contributed by atoms with E-state index in [1.165, 1.54) is 0 Å². The van der Waals surface area contributed by atoms with E-state index in [0.717, 1.165) is 0 Å². The Labute approximate surface area is 107 Å². The van der Waals surface area contributed by atoms with Gasteiger partial charge < -0.3 is 11.1 Å². The molecule has 0 saturated carbocycles. The molecule has 0 heterocycles. The number of para-hydroxylation sites is 1. The summed E-state index contributed by atoms with van der Waals surface area (Å²) in [5.74, 6) is -1.22. The number of sulfone groups is 1. The molecule has 0 spiro atoms. The second-order valence-corrected chi connectivity index (χ2v) is 6.52. The van der Waals surface area contributed by atoms with E-state index in [1.54, 1.807) is 38.1 Å². The molecule has 5 nitrogen and oxygen atoms in total. The zero-order chi connectivity index (χ0) is 13.8. The van der Waals surface area contributed by atoms with Crippen molar-refractivity contribution in [2.75, 3.05) is 11.5 Å². The number of nitrogens with two attached hydrogens (primary N) is 1. The van der Waals surface area contributed by atoms with Gasteiger partial charge in [-0.05, 0) is 25.5 Å². The van der Waals surface area contributed by atoms with E-state index in [-0.39, 0.29) is 11.8 Å². The van der Waals surface area contributed by atoms with Crippen molar-refractivity contribution < 1.29 is 13.2 Å². The van der Waals surface area contributed by atoms with E-state index in [1.807, 2.05) is 0 Å². The summed E-state index contributed by atoms with van der Waals surface area (Å²) in [5.41, 5.74) is 6.62. The highest BCUT2D eigenvalue weighted by molar-refractivity contribution is 7.91. The third-order valence-corrected chi connectivity index (χ3v) is 3.68. The fourth-order valence-corrected chi connectivity index (χ4v) is 2.84. The van der Waals surface area contributed by atoms with Crippen LogP contribution in [0.25, 0.3) is 0 Å². The molecule has 0 saturated heterocycles. The van der Waals surface area contributed by atoms with Crippen molar-refractivity contribution >= 4 is 21.4 Å². The Morgan fingerprint density at radius 2 is 1.94 bits per heavy atom. The van der Waals surface area contributed by atoms with Gasteiger partial charge in [-0.2, -0.15) is 0 Å². The summed E-state index contributed by atoms with van der Waals surface area (Å²) in [6.07, 6.45) is 0. The predicted octanol–water partition coefficient (Wildman–Crippen LogP) is 0.708. The molecule has 3 N–H and O–H groups in total. The lowest BCUT2D eigenvalue weighted by molar-refractivity contribution is -0.119. The summed E-state index contributed by atoms with van der Waals surface area (Å²) >= 11 is 0. The van der Waals surface area contributed by atoms with Gasteiger partial charge in [-0.15, -0.1) is 0 Å². The molecule has 0 aromatic heterocycles. The van der Waals surface area contributed by atoms with Gasteiger partial charge in [0.25, 0.3) is 0 Å². The Balaban J connectivity index is 2.72. The van der Waals surface area contributed by atoms with Crippen LogP contribution in [0.3, 0.4) is 0 Å². The Morgan fingerprint density at radius 3 is 2.50 bits per heavy atom. The molecule has 0 aliphatic carbocycles. The van der Waals surface area contributed by atoms with Crippen LogP contribution in [0.1, 0.15) is 19.4 Å². The molecule has 0 aliphatic heterocycles. The van der Waals surface area contributed by atoms with Crippen LogP contribution in [0.5, 0.6) is 0 Å². The van der Waals surface area contributed by atoms with Crippen molar-refractivity contribution in [2.24, 2.45) is 0 Å². The summed E-state index contributed by atoms with van der Waals surface area (Å²) in [6.45, 7) is 3.55. The first-order valence-corrected chi connectivity index (χ1v) is 7.45. The molecule has 0 fully saturated rings. The number of anilines is 1. The van der Waals surface area contributed by atoms with Crippen molar-refractivity contribution in [3.05, 3.63) is 29.8 Å². The lowest BCUT2D eigenvalue weighted by Crippen LogP contribution is -2.35. The van der Waals surface area contributed by atoms with Crippen LogP contribution in [0.15, 0.2) is 24.3 Å². The first kappa shape index (κ1) is 14.5. The molecule has 100 valence electrons. The lowest BCUT2D eigenvalue weighted by atomic mass is 10.2. The Hall–Kier alpha value is -1.56. The van der Waals surface area contributed by atoms with Gasteiger partial charge in [-0.3, -0.25) is 4.79 Å². The summed E-state index contributed by atoms with van der Waals surface area (Å²) in [4.78, 5) is 11.4. The zero-order valence-corrected chi connectivity index (χ0v) is 11.3. The van der Waals surface area contributed by atoms with Crippen LogP contribution >= 0.6 is 0 Å². The summed E-state index contributed by atoms with van der Waals surface area (Å²) in [7, 11) is -3.49. The van der Waals surface area contributed by atoms with Crippen LogP contribution in [0.4, 0.5) is 5.69 Å². The highest BCUT2D eigenvalue weighted by atomic mass is 32.2. The second kappa shape index (κ2) is 5.86. The van der Waals surface area contributed by atoms with Gasteiger partial charge in [0.15, 0.2) is 9.84 Å². The number of carbonyl (C=O) groups excluding carboxylic acids is 1. The molecule has 0 aliphatic rings. The van der Waals surface area contributed by atoms with Crippen molar-refractivity contribution in [3.63, 3.8) is 0 Å². The Morgan fingerprint density at radius 1 is 1.33 bits per heavy atom. The number of carbonyl (C=O) groups is 1. The average molecular weight is 270 g/mol. The highest BCUT2D eigenvalue weighted by Gasteiger charge is 2.18. The molecule has 1 aromatic rings. The third kappa shape index (κ3) is 4.75. The molecule has 18 heavy (non-hydrogen) atoms. The van der Waals surface area contributed by atoms with Crippen molar-refractivity contribution in [1.29, 1.82) is 0 Å². The van der Waals surface area contributed by atoms with Crippen molar-refractivity contribution in [2.45, 2.75) is 25.6 Å². The van der Waals surface area contributed by atoms with Gasteiger partial charge in [0.1, 0.15) is 5.75 Å². The van der Waals surface area contributed by atoms with E-state index in [4.69, 9.17) is 5.73 Å². The van der Waals surface area contributed by atoms with E-state index in [2.05, 4.69) is 5.32 Å². The Bertz CT molecular complexity index is 524. The van der Waals surface area contributed by atoms with Crippen LogP contribution in [0.2, 0.25) is 0 Å². The predicted molar refractivity (Wildman–Crippen MR) is 71.6 cm³/mol. The highest BCUT2D eigenvalue weighted by Crippen LogP contribution is 2.14. The second-order valence-electron chi connectivity index (χ2n) is 4.45. The number of hydrogen-bond acceptors (Lipinski definition) is 4. The van der Waals surface area contributed by atoms with Crippen LogP contribution in [-0.2, 0) is 20.4 Å². The quantitative estimate of drug-likeness (QED) is 0.771. The Kier molecular flexibility index (Phi) is 4.72. The number of nitrogen functional groups attached to an aromatic ring is 1. The minimum absolute atomic E-state index is 0.0745. The normalized spacial score (nSPS) is 11.5. The van der Waals surface area contributed by atoms with Crippen molar-refractivity contribution in [1.82, 2.24) is 5.32 Å². The minimum atomic E-state index is -3.49. The molecule has 0 bridgehead atoms. The van der Waals surface area contributed by atoms with Gasteiger partial charge in [0.2, 0.25) is 5.91 Å². The largest absolute Gasteiger partial charge is 0.398 e. The molecule has 1 rings (SSSR count). The standard InChI is InChI=1S/C12H18N2O3S/c1-9(2)14-12(15)8-18(16,17)7-10-5-3-4-6-11(10)13/h3-6,9H,7-8,13H2,1-2H3,(H,14,15). The fourth-order valence-electron chi connectivity index (χ4n) is 1.52. The molecule has 0 radical (unpaired) electrons. The van der Waals surface area contributed by atoms with Gasteiger partial charge >= 0.3 is 0 Å². The maximum Gasteiger partial charge on any atom is 0.235 e.